The Morgan fingerprint density at radius 2 is 1.74 bits per heavy atom. The van der Waals surface area contributed by atoms with Gasteiger partial charge in [0.15, 0.2) is 16.3 Å². The van der Waals surface area contributed by atoms with Crippen molar-refractivity contribution in [2.75, 3.05) is 27.4 Å². The number of thiazole rings is 1. The summed E-state index contributed by atoms with van der Waals surface area (Å²) in [4.78, 5) is 42.9. The lowest BCUT2D eigenvalue weighted by atomic mass is 9.95. The Hall–Kier alpha value is -5.43. The number of nitro benzene ring substituents is 1. The molecule has 4 aromatic rings. The van der Waals surface area contributed by atoms with Gasteiger partial charge in [0, 0.05) is 23.8 Å². The Balaban J connectivity index is 1.55. The largest absolute Gasteiger partial charge is 0.497 e. The van der Waals surface area contributed by atoms with Crippen molar-refractivity contribution in [1.29, 1.82) is 0 Å². The van der Waals surface area contributed by atoms with E-state index in [0.717, 1.165) is 5.56 Å². The molecule has 0 radical (unpaired) electrons. The van der Waals surface area contributed by atoms with Crippen LogP contribution in [0.4, 0.5) is 5.69 Å². The fraction of sp³-hybridized carbons (Fsp3) is 0.265. The molecule has 2 heterocycles. The summed E-state index contributed by atoms with van der Waals surface area (Å²) >= 11 is 1.20. The van der Waals surface area contributed by atoms with Crippen molar-refractivity contribution in [2.24, 2.45) is 4.99 Å². The van der Waals surface area contributed by atoms with Crippen LogP contribution in [-0.2, 0) is 16.1 Å². The van der Waals surface area contributed by atoms with Crippen molar-refractivity contribution in [1.82, 2.24) is 4.57 Å². The fourth-order valence-electron chi connectivity index (χ4n) is 5.16. The Bertz CT molecular complexity index is 2030. The lowest BCUT2D eigenvalue weighted by Gasteiger charge is -2.26. The lowest BCUT2D eigenvalue weighted by molar-refractivity contribution is -0.384. The maximum atomic E-state index is 14.1. The van der Waals surface area contributed by atoms with Crippen LogP contribution >= 0.6 is 11.3 Å². The number of esters is 1. The summed E-state index contributed by atoms with van der Waals surface area (Å²) in [5, 5.41) is 11.0. The number of carbonyl (C=O) groups is 1. The number of hydrogen-bond acceptors (Lipinski definition) is 11. The molecule has 0 aliphatic carbocycles. The summed E-state index contributed by atoms with van der Waals surface area (Å²) in [6.07, 6.45) is 1.73. The number of allylic oxidation sites excluding steroid dienone is 1. The van der Waals surface area contributed by atoms with E-state index < -0.39 is 16.9 Å². The molecule has 0 bridgehead atoms. The van der Waals surface area contributed by atoms with E-state index in [2.05, 4.69) is 4.99 Å². The molecule has 1 aliphatic rings. The van der Waals surface area contributed by atoms with Gasteiger partial charge in [-0.25, -0.2) is 9.79 Å². The molecule has 1 aromatic heterocycles. The predicted molar refractivity (Wildman–Crippen MR) is 175 cm³/mol. The normalized spacial score (nSPS) is 14.2. The topological polar surface area (TPSA) is 141 Å². The van der Waals surface area contributed by atoms with Gasteiger partial charge >= 0.3 is 5.97 Å². The summed E-state index contributed by atoms with van der Waals surface area (Å²) in [5.41, 5.74) is 2.34. The summed E-state index contributed by atoms with van der Waals surface area (Å²) in [5.74, 6) is 1.37. The zero-order valence-electron chi connectivity index (χ0n) is 26.5. The van der Waals surface area contributed by atoms with E-state index in [9.17, 15) is 19.7 Å². The van der Waals surface area contributed by atoms with Gasteiger partial charge in [-0.15, -0.1) is 0 Å². The second-order valence-electron chi connectivity index (χ2n) is 10.3. The van der Waals surface area contributed by atoms with Crippen molar-refractivity contribution in [3.05, 3.63) is 118 Å². The predicted octanol–water partition coefficient (Wildman–Crippen LogP) is 4.70. The number of rotatable bonds is 12. The number of hydrogen-bond donors (Lipinski definition) is 0. The van der Waals surface area contributed by atoms with Crippen molar-refractivity contribution < 1.29 is 33.4 Å². The summed E-state index contributed by atoms with van der Waals surface area (Å²) in [6.45, 7) is 5.99. The van der Waals surface area contributed by atoms with Crippen molar-refractivity contribution in [2.45, 2.75) is 33.4 Å². The molecule has 1 aliphatic heterocycles. The second kappa shape index (κ2) is 14.3. The second-order valence-corrected chi connectivity index (χ2v) is 11.3. The maximum Gasteiger partial charge on any atom is 0.338 e. The molecule has 13 heteroatoms. The molecular weight excluding hydrogens is 626 g/mol. The average molecular weight is 660 g/mol. The highest BCUT2D eigenvalue weighted by Gasteiger charge is 2.35. The van der Waals surface area contributed by atoms with E-state index in [-0.39, 0.29) is 30.0 Å². The molecule has 5 rings (SSSR count). The smallest absolute Gasteiger partial charge is 0.338 e. The first-order valence-corrected chi connectivity index (χ1v) is 15.5. The quantitative estimate of drug-likeness (QED) is 0.120. The zero-order valence-corrected chi connectivity index (χ0v) is 27.3. The lowest BCUT2D eigenvalue weighted by Crippen LogP contribution is -2.40. The van der Waals surface area contributed by atoms with Gasteiger partial charge in [0.25, 0.3) is 11.2 Å². The monoisotopic (exact) mass is 659 g/mol. The molecule has 47 heavy (non-hydrogen) atoms. The number of benzene rings is 3. The van der Waals surface area contributed by atoms with Gasteiger partial charge in [0.2, 0.25) is 0 Å². The number of aromatic nitrogens is 1. The molecule has 0 spiro atoms. The van der Waals surface area contributed by atoms with Crippen LogP contribution < -0.4 is 33.8 Å². The highest BCUT2D eigenvalue weighted by molar-refractivity contribution is 7.07. The van der Waals surface area contributed by atoms with E-state index in [1.807, 2.05) is 6.92 Å². The summed E-state index contributed by atoms with van der Waals surface area (Å²) in [7, 11) is 3.05. The van der Waals surface area contributed by atoms with Crippen molar-refractivity contribution >= 4 is 29.1 Å². The van der Waals surface area contributed by atoms with Crippen LogP contribution in [0.1, 0.15) is 43.5 Å². The van der Waals surface area contributed by atoms with Gasteiger partial charge in [-0.3, -0.25) is 19.5 Å². The Morgan fingerprint density at radius 3 is 2.40 bits per heavy atom. The van der Waals surface area contributed by atoms with Crippen LogP contribution in [0.3, 0.4) is 0 Å². The van der Waals surface area contributed by atoms with Gasteiger partial charge in [0.1, 0.15) is 24.1 Å². The van der Waals surface area contributed by atoms with Gasteiger partial charge in [-0.05, 0) is 74.4 Å². The number of ether oxygens (including phenoxy) is 5. The third-order valence-electron chi connectivity index (χ3n) is 7.36. The highest BCUT2D eigenvalue weighted by Crippen LogP contribution is 2.37. The Kier molecular flexibility index (Phi) is 10.0. The molecule has 0 fully saturated rings. The summed E-state index contributed by atoms with van der Waals surface area (Å²) in [6, 6.07) is 15.8. The zero-order chi connectivity index (χ0) is 33.7. The first kappa shape index (κ1) is 32.9. The standard InChI is InChI=1S/C34H33N3O9S/c1-6-44-28-16-22(10-15-26(28)46-19-21-8-11-23(12-9-21)37(40)41)17-29-32(38)36-31(25-14-13-24(42-4)18-27(25)43-5)30(33(39)45-7-2)20(3)35-34(36)47-29/h8-18,31H,6-7,19H2,1-5H3/b29-17-/t31-/m1/s1. The van der Waals surface area contributed by atoms with Crippen LogP contribution in [0.2, 0.25) is 0 Å². The fourth-order valence-corrected chi connectivity index (χ4v) is 6.21. The Morgan fingerprint density at radius 1 is 0.979 bits per heavy atom. The van der Waals surface area contributed by atoms with Crippen LogP contribution in [0.15, 0.2) is 81.7 Å². The van der Waals surface area contributed by atoms with Gasteiger partial charge in [-0.2, -0.15) is 0 Å². The van der Waals surface area contributed by atoms with E-state index in [0.29, 0.717) is 55.8 Å². The van der Waals surface area contributed by atoms with Crippen LogP contribution in [0.5, 0.6) is 23.0 Å². The third-order valence-corrected chi connectivity index (χ3v) is 8.34. The van der Waals surface area contributed by atoms with Crippen LogP contribution in [0, 0.1) is 10.1 Å². The third kappa shape index (κ3) is 6.89. The number of nitrogens with zero attached hydrogens (tertiary/aromatic N) is 3. The van der Waals surface area contributed by atoms with Gasteiger partial charge in [-0.1, -0.05) is 17.4 Å². The molecule has 0 saturated heterocycles. The van der Waals surface area contributed by atoms with Gasteiger partial charge < -0.3 is 23.7 Å². The molecule has 0 unspecified atom stereocenters. The van der Waals surface area contributed by atoms with Crippen LogP contribution in [-0.4, -0.2) is 42.9 Å². The van der Waals surface area contributed by atoms with E-state index in [1.54, 1.807) is 75.6 Å². The molecule has 1 atom stereocenters. The number of methoxy groups -OCH3 is 2. The van der Waals surface area contributed by atoms with Crippen molar-refractivity contribution in [3.63, 3.8) is 0 Å². The first-order valence-electron chi connectivity index (χ1n) is 14.7. The number of nitro groups is 1. The van der Waals surface area contributed by atoms with E-state index in [1.165, 1.54) is 35.1 Å². The molecular formula is C34H33N3O9S. The number of carbonyl (C=O) groups excluding carboxylic acids is 1. The molecule has 0 saturated carbocycles. The minimum absolute atomic E-state index is 0.000114. The molecule has 3 aromatic carbocycles. The molecule has 0 amide bonds. The first-order chi connectivity index (χ1) is 22.7. The minimum Gasteiger partial charge on any atom is -0.497 e. The molecule has 244 valence electrons. The van der Waals surface area contributed by atoms with E-state index in [4.69, 9.17) is 23.7 Å². The Labute approximate surface area is 273 Å². The maximum absolute atomic E-state index is 14.1. The highest BCUT2D eigenvalue weighted by atomic mass is 32.1. The van der Waals surface area contributed by atoms with Gasteiger partial charge in [0.05, 0.1) is 48.2 Å². The minimum atomic E-state index is -0.859. The number of non-ortho nitro benzene ring substituents is 1. The van der Waals surface area contributed by atoms with Crippen molar-refractivity contribution in [3.8, 4) is 23.0 Å². The number of fused-ring (bicyclic) bond motifs is 1. The molecule has 12 nitrogen and oxygen atoms in total. The SMILES string of the molecule is CCOC(=O)C1=C(C)N=c2s/c(=C\c3ccc(OCc4ccc([N+](=O)[O-])cc4)c(OCC)c3)c(=O)n2[C@@H]1c1ccc(OC)cc1OC. The van der Waals surface area contributed by atoms with Crippen LogP contribution in [0.25, 0.3) is 6.08 Å². The average Bonchev–Trinajstić information content (AvgIpc) is 3.37. The molecule has 0 N–H and O–H groups in total. The van der Waals surface area contributed by atoms with E-state index >= 15 is 0 Å². The summed E-state index contributed by atoms with van der Waals surface area (Å²) < 4.78 is 30.1.